The van der Waals surface area contributed by atoms with Crippen molar-refractivity contribution in [2.75, 3.05) is 31.2 Å². The minimum atomic E-state index is 0.132. The molecule has 4 nitrogen and oxygen atoms in total. The van der Waals surface area contributed by atoms with Crippen LogP contribution in [0.4, 0.5) is 11.4 Å². The van der Waals surface area contributed by atoms with Gasteiger partial charge in [-0.3, -0.25) is 0 Å². The Morgan fingerprint density at radius 1 is 1.25 bits per heavy atom. The summed E-state index contributed by atoms with van der Waals surface area (Å²) in [5, 5.41) is 3.39. The van der Waals surface area contributed by atoms with Gasteiger partial charge in [0.1, 0.15) is 5.75 Å². The van der Waals surface area contributed by atoms with E-state index >= 15 is 0 Å². The number of benzene rings is 1. The van der Waals surface area contributed by atoms with Gasteiger partial charge in [0.15, 0.2) is 0 Å². The van der Waals surface area contributed by atoms with Crippen LogP contribution in [-0.2, 0) is 0 Å². The molecule has 0 aliphatic rings. The highest BCUT2D eigenvalue weighted by Gasteiger charge is 2.07. The largest absolute Gasteiger partial charge is 0.489 e. The van der Waals surface area contributed by atoms with Crippen molar-refractivity contribution < 1.29 is 4.74 Å². The normalized spacial score (nSPS) is 11.4. The molecule has 1 rings (SSSR count). The van der Waals surface area contributed by atoms with E-state index in [9.17, 15) is 0 Å². The van der Waals surface area contributed by atoms with Crippen molar-refractivity contribution in [3.05, 3.63) is 18.2 Å². The summed E-state index contributed by atoms with van der Waals surface area (Å²) in [7, 11) is 2.15. The molecule has 1 aromatic carbocycles. The van der Waals surface area contributed by atoms with E-state index in [0.29, 0.717) is 11.7 Å². The topological polar surface area (TPSA) is 50.5 Å². The molecule has 0 saturated carbocycles. The van der Waals surface area contributed by atoms with Crippen LogP contribution in [0.5, 0.6) is 5.75 Å². The Hall–Kier alpha value is -1.42. The van der Waals surface area contributed by atoms with E-state index in [1.807, 2.05) is 32.0 Å². The number of hydrogen-bond donors (Lipinski definition) is 2. The van der Waals surface area contributed by atoms with Crippen molar-refractivity contribution in [2.24, 2.45) is 0 Å². The molecule has 0 unspecified atom stereocenters. The molecule has 0 aliphatic heterocycles. The van der Waals surface area contributed by atoms with Crippen LogP contribution in [0.3, 0.4) is 0 Å². The summed E-state index contributed by atoms with van der Waals surface area (Å²) in [6.07, 6.45) is 1.22. The van der Waals surface area contributed by atoms with Crippen LogP contribution in [0.1, 0.15) is 34.1 Å². The van der Waals surface area contributed by atoms with Gasteiger partial charge < -0.3 is 20.7 Å². The second kappa shape index (κ2) is 8.00. The number of para-hydroxylation sites is 1. The van der Waals surface area contributed by atoms with Crippen molar-refractivity contribution in [1.29, 1.82) is 0 Å². The molecular formula is C16H29N3O. The van der Waals surface area contributed by atoms with Gasteiger partial charge in [0.2, 0.25) is 0 Å². The zero-order valence-electron chi connectivity index (χ0n) is 13.4. The summed E-state index contributed by atoms with van der Waals surface area (Å²) < 4.78 is 5.69. The number of nitrogens with zero attached hydrogens (tertiary/aromatic N) is 1. The number of anilines is 2. The Morgan fingerprint density at radius 2 is 1.95 bits per heavy atom. The fraction of sp³-hybridized carbons (Fsp3) is 0.625. The maximum atomic E-state index is 6.12. The lowest BCUT2D eigenvalue weighted by molar-refractivity contribution is 0.244. The Labute approximate surface area is 123 Å². The molecule has 0 saturated heterocycles. The highest BCUT2D eigenvalue weighted by Crippen LogP contribution is 2.29. The lowest BCUT2D eigenvalue weighted by Gasteiger charge is -2.21. The highest BCUT2D eigenvalue weighted by atomic mass is 16.5. The Morgan fingerprint density at radius 3 is 2.55 bits per heavy atom. The van der Waals surface area contributed by atoms with Gasteiger partial charge in [-0.05, 0) is 59.8 Å². The van der Waals surface area contributed by atoms with Gasteiger partial charge in [-0.1, -0.05) is 6.07 Å². The van der Waals surface area contributed by atoms with Gasteiger partial charge in [-0.2, -0.15) is 0 Å². The first kappa shape index (κ1) is 16.6. The van der Waals surface area contributed by atoms with Crippen molar-refractivity contribution in [3.8, 4) is 5.75 Å². The van der Waals surface area contributed by atoms with Crippen molar-refractivity contribution in [3.63, 3.8) is 0 Å². The Balaban J connectivity index is 2.48. The van der Waals surface area contributed by atoms with Crippen molar-refractivity contribution >= 4 is 11.4 Å². The molecule has 0 aromatic heterocycles. The maximum Gasteiger partial charge on any atom is 0.144 e. The van der Waals surface area contributed by atoms with Gasteiger partial charge in [-0.25, -0.2) is 0 Å². The van der Waals surface area contributed by atoms with Crippen LogP contribution < -0.4 is 15.8 Å². The SMILES string of the molecule is CC(C)Oc1cccc(NCCCN(C)C(C)C)c1N. The van der Waals surface area contributed by atoms with Crippen molar-refractivity contribution in [2.45, 2.75) is 46.3 Å². The average molecular weight is 279 g/mol. The lowest BCUT2D eigenvalue weighted by Crippen LogP contribution is -2.28. The molecule has 0 aliphatic carbocycles. The van der Waals surface area contributed by atoms with Crippen LogP contribution in [0, 0.1) is 0 Å². The first-order valence-electron chi connectivity index (χ1n) is 7.41. The Kier molecular flexibility index (Phi) is 6.65. The summed E-state index contributed by atoms with van der Waals surface area (Å²) >= 11 is 0. The van der Waals surface area contributed by atoms with Gasteiger partial charge >= 0.3 is 0 Å². The molecule has 1 aromatic rings. The predicted octanol–water partition coefficient (Wildman–Crippen LogP) is 3.20. The first-order valence-corrected chi connectivity index (χ1v) is 7.41. The molecule has 4 heteroatoms. The molecule has 0 heterocycles. The van der Waals surface area contributed by atoms with Crippen LogP contribution in [0.25, 0.3) is 0 Å². The number of hydrogen-bond acceptors (Lipinski definition) is 4. The maximum absolute atomic E-state index is 6.12. The summed E-state index contributed by atoms with van der Waals surface area (Å²) in [6, 6.07) is 6.46. The standard InChI is InChI=1S/C16H29N3O/c1-12(2)19(5)11-7-10-18-14-8-6-9-15(16(14)17)20-13(3)4/h6,8-9,12-13,18H,7,10-11,17H2,1-5H3. The fourth-order valence-electron chi connectivity index (χ4n) is 1.86. The van der Waals surface area contributed by atoms with E-state index < -0.39 is 0 Å². The molecule has 0 amide bonds. The van der Waals surface area contributed by atoms with Crippen molar-refractivity contribution in [1.82, 2.24) is 4.90 Å². The number of nitrogens with two attached hydrogens (primary N) is 1. The predicted molar refractivity (Wildman–Crippen MR) is 87.5 cm³/mol. The quantitative estimate of drug-likeness (QED) is 0.567. The third kappa shape index (κ3) is 5.29. The monoisotopic (exact) mass is 279 g/mol. The molecule has 0 radical (unpaired) electrons. The van der Waals surface area contributed by atoms with Gasteiger partial charge in [0.05, 0.1) is 17.5 Å². The molecule has 0 spiro atoms. The molecule has 114 valence electrons. The zero-order chi connectivity index (χ0) is 15.1. The minimum absolute atomic E-state index is 0.132. The minimum Gasteiger partial charge on any atom is -0.489 e. The van der Waals surface area contributed by atoms with Gasteiger partial charge in [-0.15, -0.1) is 0 Å². The molecule has 0 atom stereocenters. The summed E-state index contributed by atoms with van der Waals surface area (Å²) in [6.45, 7) is 10.4. The van der Waals surface area contributed by atoms with Gasteiger partial charge in [0.25, 0.3) is 0 Å². The number of rotatable bonds is 8. The molecule has 0 bridgehead atoms. The van der Waals surface area contributed by atoms with Crippen LogP contribution in [0.2, 0.25) is 0 Å². The number of ether oxygens (including phenoxy) is 1. The smallest absolute Gasteiger partial charge is 0.144 e. The first-order chi connectivity index (χ1) is 9.41. The van der Waals surface area contributed by atoms with Gasteiger partial charge in [0, 0.05) is 12.6 Å². The highest BCUT2D eigenvalue weighted by molar-refractivity contribution is 5.72. The third-order valence-corrected chi connectivity index (χ3v) is 3.31. The van der Waals surface area contributed by atoms with E-state index in [4.69, 9.17) is 10.5 Å². The summed E-state index contributed by atoms with van der Waals surface area (Å²) in [4.78, 5) is 2.34. The zero-order valence-corrected chi connectivity index (χ0v) is 13.4. The Bertz CT molecular complexity index is 405. The van der Waals surface area contributed by atoms with Crippen LogP contribution in [-0.4, -0.2) is 37.2 Å². The molecule has 0 fully saturated rings. The van der Waals surface area contributed by atoms with E-state index in [0.717, 1.165) is 30.9 Å². The lowest BCUT2D eigenvalue weighted by atomic mass is 10.2. The third-order valence-electron chi connectivity index (χ3n) is 3.31. The summed E-state index contributed by atoms with van der Waals surface area (Å²) in [5.41, 5.74) is 7.77. The van der Waals surface area contributed by atoms with E-state index in [1.54, 1.807) is 0 Å². The van der Waals surface area contributed by atoms with Crippen LogP contribution in [0.15, 0.2) is 18.2 Å². The van der Waals surface area contributed by atoms with E-state index in [2.05, 4.69) is 31.1 Å². The average Bonchev–Trinajstić information content (AvgIpc) is 2.37. The molecular weight excluding hydrogens is 250 g/mol. The molecule has 3 N–H and O–H groups in total. The fourth-order valence-corrected chi connectivity index (χ4v) is 1.86. The van der Waals surface area contributed by atoms with E-state index in [1.165, 1.54) is 0 Å². The second-order valence-electron chi connectivity index (χ2n) is 5.74. The molecule has 20 heavy (non-hydrogen) atoms. The summed E-state index contributed by atoms with van der Waals surface area (Å²) in [5.74, 6) is 0.754. The second-order valence-corrected chi connectivity index (χ2v) is 5.74. The van der Waals surface area contributed by atoms with Crippen LogP contribution >= 0.6 is 0 Å². The number of nitrogen functional groups attached to an aromatic ring is 1. The number of nitrogens with one attached hydrogen (secondary N) is 1. The van der Waals surface area contributed by atoms with E-state index in [-0.39, 0.29) is 6.10 Å².